The zero-order chi connectivity index (χ0) is 12.9. The molecule has 18 heavy (non-hydrogen) atoms. The molecule has 0 radical (unpaired) electrons. The number of benzene rings is 1. The Morgan fingerprint density at radius 3 is 2.78 bits per heavy atom. The van der Waals surface area contributed by atoms with Crippen molar-refractivity contribution >= 4 is 17.3 Å². The third-order valence-electron chi connectivity index (χ3n) is 3.09. The maximum Gasteiger partial charge on any atom is 0.337 e. The molecule has 1 aliphatic rings. The Labute approximate surface area is 109 Å². The molecule has 3 nitrogen and oxygen atoms in total. The summed E-state index contributed by atoms with van der Waals surface area (Å²) in [6, 6.07) is 7.58. The summed E-state index contributed by atoms with van der Waals surface area (Å²) in [7, 11) is 0. The van der Waals surface area contributed by atoms with Crippen LogP contribution in [0.4, 0.5) is 0 Å². The van der Waals surface area contributed by atoms with E-state index in [0.717, 1.165) is 21.8 Å². The van der Waals surface area contributed by atoms with Crippen molar-refractivity contribution in [3.63, 3.8) is 0 Å². The monoisotopic (exact) mass is 260 g/mol. The molecular weight excluding hydrogens is 248 g/mol. The summed E-state index contributed by atoms with van der Waals surface area (Å²) in [4.78, 5) is 12.3. The number of carboxylic acid groups (broad SMARTS) is 1. The van der Waals surface area contributed by atoms with Crippen molar-refractivity contribution in [2.45, 2.75) is 19.4 Å². The van der Waals surface area contributed by atoms with Crippen molar-refractivity contribution in [2.24, 2.45) is 0 Å². The molecule has 3 rings (SSSR count). The number of hydrogen-bond donors (Lipinski definition) is 1. The van der Waals surface area contributed by atoms with E-state index in [0.29, 0.717) is 5.56 Å². The fourth-order valence-corrected chi connectivity index (χ4v) is 3.43. The lowest BCUT2D eigenvalue weighted by atomic mass is 9.91. The molecule has 0 atom stereocenters. The maximum atomic E-state index is 11.3. The van der Waals surface area contributed by atoms with Crippen molar-refractivity contribution in [1.82, 2.24) is 0 Å². The SMILES string of the molecule is CC1(C)Oc2ccccc2-c2c(C(=O)O)csc21. The van der Waals surface area contributed by atoms with E-state index in [2.05, 4.69) is 0 Å². The summed E-state index contributed by atoms with van der Waals surface area (Å²) in [6.07, 6.45) is 0. The Kier molecular flexibility index (Phi) is 2.25. The molecule has 0 saturated carbocycles. The molecule has 1 N–H and O–H groups in total. The molecular formula is C14H12O3S. The van der Waals surface area contributed by atoms with E-state index in [9.17, 15) is 9.90 Å². The van der Waals surface area contributed by atoms with E-state index in [1.807, 2.05) is 38.1 Å². The second-order valence-electron chi connectivity index (χ2n) is 4.77. The van der Waals surface area contributed by atoms with Crippen LogP contribution in [0.5, 0.6) is 5.75 Å². The fraction of sp³-hybridized carbons (Fsp3) is 0.214. The summed E-state index contributed by atoms with van der Waals surface area (Å²) >= 11 is 1.45. The number of rotatable bonds is 1. The zero-order valence-corrected chi connectivity index (χ0v) is 10.9. The Morgan fingerprint density at radius 2 is 2.06 bits per heavy atom. The number of thiophene rings is 1. The van der Waals surface area contributed by atoms with Gasteiger partial charge in [0.1, 0.15) is 11.4 Å². The molecule has 2 aromatic rings. The van der Waals surface area contributed by atoms with E-state index in [1.165, 1.54) is 11.3 Å². The molecule has 0 amide bonds. The molecule has 0 saturated heterocycles. The molecule has 0 aliphatic carbocycles. The minimum atomic E-state index is -0.889. The first-order chi connectivity index (χ1) is 8.50. The van der Waals surface area contributed by atoms with Crippen LogP contribution in [0.1, 0.15) is 29.1 Å². The number of fused-ring (bicyclic) bond motifs is 3. The molecule has 0 fully saturated rings. The van der Waals surface area contributed by atoms with Gasteiger partial charge in [0.2, 0.25) is 0 Å². The van der Waals surface area contributed by atoms with Gasteiger partial charge < -0.3 is 9.84 Å². The van der Waals surface area contributed by atoms with Gasteiger partial charge in [-0.15, -0.1) is 11.3 Å². The number of aromatic carboxylic acids is 1. The zero-order valence-electron chi connectivity index (χ0n) is 10.1. The van der Waals surface area contributed by atoms with Crippen LogP contribution in [0.25, 0.3) is 11.1 Å². The molecule has 92 valence electrons. The van der Waals surface area contributed by atoms with Crippen LogP contribution in [-0.2, 0) is 5.60 Å². The van der Waals surface area contributed by atoms with Gasteiger partial charge in [0.05, 0.1) is 10.4 Å². The van der Waals surface area contributed by atoms with Gasteiger partial charge in [-0.05, 0) is 19.9 Å². The lowest BCUT2D eigenvalue weighted by molar-refractivity contribution is 0.0697. The number of hydrogen-bond acceptors (Lipinski definition) is 3. The third kappa shape index (κ3) is 1.46. The summed E-state index contributed by atoms with van der Waals surface area (Å²) in [6.45, 7) is 3.92. The highest BCUT2D eigenvalue weighted by atomic mass is 32.1. The van der Waals surface area contributed by atoms with E-state index >= 15 is 0 Å². The van der Waals surface area contributed by atoms with Crippen LogP contribution in [0.3, 0.4) is 0 Å². The number of para-hydroxylation sites is 1. The quantitative estimate of drug-likeness (QED) is 0.849. The smallest absolute Gasteiger partial charge is 0.337 e. The molecule has 1 aliphatic heterocycles. The first kappa shape index (κ1) is 11.3. The molecule has 4 heteroatoms. The molecule has 1 aromatic carbocycles. The van der Waals surface area contributed by atoms with Crippen LogP contribution < -0.4 is 4.74 Å². The number of ether oxygens (including phenoxy) is 1. The van der Waals surface area contributed by atoms with Crippen molar-refractivity contribution < 1.29 is 14.6 Å². The van der Waals surface area contributed by atoms with Crippen molar-refractivity contribution in [1.29, 1.82) is 0 Å². The van der Waals surface area contributed by atoms with Crippen molar-refractivity contribution in [3.05, 3.63) is 40.1 Å². The molecule has 0 unspecified atom stereocenters. The first-order valence-corrected chi connectivity index (χ1v) is 6.52. The predicted octanol–water partition coefficient (Wildman–Crippen LogP) is 3.74. The molecule has 0 bridgehead atoms. The lowest BCUT2D eigenvalue weighted by Crippen LogP contribution is -2.28. The van der Waals surface area contributed by atoms with Gasteiger partial charge in [-0.2, -0.15) is 0 Å². The second kappa shape index (κ2) is 3.59. The Morgan fingerprint density at radius 1 is 1.33 bits per heavy atom. The van der Waals surface area contributed by atoms with Crippen LogP contribution >= 0.6 is 11.3 Å². The average Bonchev–Trinajstić information content (AvgIpc) is 2.74. The topological polar surface area (TPSA) is 46.5 Å². The van der Waals surface area contributed by atoms with Crippen molar-refractivity contribution in [2.75, 3.05) is 0 Å². The molecule has 2 heterocycles. The summed E-state index contributed by atoms with van der Waals surface area (Å²) in [5, 5.41) is 11.0. The normalized spacial score (nSPS) is 15.4. The minimum Gasteiger partial charge on any atom is -0.482 e. The molecule has 1 aromatic heterocycles. The van der Waals surface area contributed by atoms with Gasteiger partial charge in [-0.3, -0.25) is 0 Å². The number of carboxylic acids is 1. The Balaban J connectivity index is 2.36. The summed E-state index contributed by atoms with van der Waals surface area (Å²) in [5.74, 6) is -0.143. The van der Waals surface area contributed by atoms with Gasteiger partial charge in [-0.25, -0.2) is 4.79 Å². The highest BCUT2D eigenvalue weighted by molar-refractivity contribution is 7.11. The third-order valence-corrected chi connectivity index (χ3v) is 4.37. The van der Waals surface area contributed by atoms with E-state index in [4.69, 9.17) is 4.74 Å². The minimum absolute atomic E-state index is 0.360. The van der Waals surface area contributed by atoms with Crippen LogP contribution in [0, 0.1) is 0 Å². The van der Waals surface area contributed by atoms with Crippen LogP contribution in [-0.4, -0.2) is 11.1 Å². The van der Waals surface area contributed by atoms with Crippen LogP contribution in [0.15, 0.2) is 29.6 Å². The molecule has 0 spiro atoms. The lowest BCUT2D eigenvalue weighted by Gasteiger charge is -2.32. The van der Waals surface area contributed by atoms with Crippen LogP contribution in [0.2, 0.25) is 0 Å². The van der Waals surface area contributed by atoms with Gasteiger partial charge in [-0.1, -0.05) is 18.2 Å². The Hall–Kier alpha value is -1.81. The largest absolute Gasteiger partial charge is 0.482 e. The van der Waals surface area contributed by atoms with E-state index in [-0.39, 0.29) is 0 Å². The highest BCUT2D eigenvalue weighted by Gasteiger charge is 2.36. The van der Waals surface area contributed by atoms with Crippen molar-refractivity contribution in [3.8, 4) is 16.9 Å². The maximum absolute atomic E-state index is 11.3. The van der Waals surface area contributed by atoms with E-state index < -0.39 is 11.6 Å². The van der Waals surface area contributed by atoms with Gasteiger partial charge >= 0.3 is 5.97 Å². The van der Waals surface area contributed by atoms with E-state index in [1.54, 1.807) is 5.38 Å². The van der Waals surface area contributed by atoms with Gasteiger partial charge in [0, 0.05) is 16.5 Å². The standard InChI is InChI=1S/C14H12O3S/c1-14(2)12-11(9(7-18-12)13(15)16)8-5-3-4-6-10(8)17-14/h3-7H,1-2H3,(H,15,16). The second-order valence-corrected chi connectivity index (χ2v) is 5.65. The summed E-state index contributed by atoms with van der Waals surface area (Å²) in [5.41, 5.74) is 1.55. The fourth-order valence-electron chi connectivity index (χ4n) is 2.31. The predicted molar refractivity (Wildman–Crippen MR) is 70.4 cm³/mol. The van der Waals surface area contributed by atoms with Gasteiger partial charge in [0.25, 0.3) is 0 Å². The average molecular weight is 260 g/mol. The number of carbonyl (C=O) groups is 1. The highest BCUT2D eigenvalue weighted by Crippen LogP contribution is 2.49. The summed E-state index contributed by atoms with van der Waals surface area (Å²) < 4.78 is 5.96. The first-order valence-electron chi connectivity index (χ1n) is 5.64. The Bertz CT molecular complexity index is 640. The van der Waals surface area contributed by atoms with Gasteiger partial charge in [0.15, 0.2) is 0 Å².